The van der Waals surface area contributed by atoms with Crippen molar-refractivity contribution in [3.63, 3.8) is 0 Å². The minimum Gasteiger partial charge on any atom is -0.398 e. The first kappa shape index (κ1) is 13.0. The average molecular weight is 268 g/mol. The molecule has 20 heavy (non-hydrogen) atoms. The van der Waals surface area contributed by atoms with Crippen LogP contribution in [0.4, 0.5) is 5.69 Å². The second-order valence-corrected chi connectivity index (χ2v) is 5.63. The van der Waals surface area contributed by atoms with Gasteiger partial charge in [-0.1, -0.05) is 24.3 Å². The largest absolute Gasteiger partial charge is 0.398 e. The second kappa shape index (κ2) is 5.16. The molecular formula is C17H20N2O. The van der Waals surface area contributed by atoms with Gasteiger partial charge in [-0.05, 0) is 49.1 Å². The van der Waals surface area contributed by atoms with Crippen molar-refractivity contribution >= 4 is 22.4 Å². The van der Waals surface area contributed by atoms with Gasteiger partial charge >= 0.3 is 0 Å². The van der Waals surface area contributed by atoms with Crippen LogP contribution in [0.3, 0.4) is 0 Å². The van der Waals surface area contributed by atoms with Gasteiger partial charge in [0, 0.05) is 18.3 Å². The minimum atomic E-state index is 0.0699. The van der Waals surface area contributed by atoms with Crippen LogP contribution in [0.25, 0.3) is 10.8 Å². The van der Waals surface area contributed by atoms with Crippen molar-refractivity contribution in [2.45, 2.75) is 32.2 Å². The molecule has 1 amide bonds. The molecule has 2 aromatic carbocycles. The lowest BCUT2D eigenvalue weighted by Crippen LogP contribution is -2.42. The van der Waals surface area contributed by atoms with Gasteiger partial charge in [0.2, 0.25) is 0 Å². The fourth-order valence-corrected chi connectivity index (χ4v) is 3.00. The van der Waals surface area contributed by atoms with E-state index in [0.29, 0.717) is 17.3 Å². The summed E-state index contributed by atoms with van der Waals surface area (Å²) >= 11 is 0. The van der Waals surface area contributed by atoms with Crippen LogP contribution in [0.1, 0.15) is 36.5 Å². The quantitative estimate of drug-likeness (QED) is 0.805. The van der Waals surface area contributed by atoms with Crippen LogP contribution in [0, 0.1) is 0 Å². The number of benzene rings is 2. The molecule has 1 aliphatic heterocycles. The lowest BCUT2D eigenvalue weighted by atomic mass is 10.00. The number of nitrogens with two attached hydrogens (primary N) is 1. The molecule has 1 atom stereocenters. The number of anilines is 1. The summed E-state index contributed by atoms with van der Waals surface area (Å²) in [6.07, 6.45) is 3.38. The molecule has 2 aromatic rings. The highest BCUT2D eigenvalue weighted by Crippen LogP contribution is 2.26. The Kier molecular flexibility index (Phi) is 3.35. The summed E-state index contributed by atoms with van der Waals surface area (Å²) in [5.41, 5.74) is 7.30. The molecule has 0 aliphatic carbocycles. The third kappa shape index (κ3) is 2.24. The Morgan fingerprint density at radius 3 is 2.60 bits per heavy atom. The second-order valence-electron chi connectivity index (χ2n) is 5.63. The number of fused-ring (bicyclic) bond motifs is 1. The van der Waals surface area contributed by atoms with Crippen LogP contribution in [-0.2, 0) is 0 Å². The number of rotatable bonds is 1. The molecule has 3 nitrogen and oxygen atoms in total. The van der Waals surface area contributed by atoms with E-state index in [1.165, 1.54) is 6.42 Å². The molecule has 1 unspecified atom stereocenters. The van der Waals surface area contributed by atoms with Crippen molar-refractivity contribution in [1.29, 1.82) is 0 Å². The molecule has 1 saturated heterocycles. The van der Waals surface area contributed by atoms with Crippen LogP contribution < -0.4 is 5.73 Å². The molecule has 0 aromatic heterocycles. The fraction of sp³-hybridized carbons (Fsp3) is 0.353. The summed E-state index contributed by atoms with van der Waals surface area (Å²) in [5.74, 6) is 0.0699. The molecule has 104 valence electrons. The molecule has 0 saturated carbocycles. The Labute approximate surface area is 119 Å². The first-order chi connectivity index (χ1) is 9.66. The highest BCUT2D eigenvalue weighted by Gasteiger charge is 2.25. The summed E-state index contributed by atoms with van der Waals surface area (Å²) in [7, 11) is 0. The van der Waals surface area contributed by atoms with E-state index in [9.17, 15) is 4.79 Å². The molecule has 1 fully saturated rings. The summed E-state index contributed by atoms with van der Waals surface area (Å²) in [6, 6.07) is 12.1. The zero-order valence-corrected chi connectivity index (χ0v) is 11.8. The first-order valence-corrected chi connectivity index (χ1v) is 7.26. The van der Waals surface area contributed by atoms with Gasteiger partial charge in [-0.25, -0.2) is 0 Å². The zero-order chi connectivity index (χ0) is 14.1. The lowest BCUT2D eigenvalue weighted by Gasteiger charge is -2.33. The molecule has 0 spiro atoms. The maximum atomic E-state index is 12.7. The molecular weight excluding hydrogens is 248 g/mol. The van der Waals surface area contributed by atoms with Gasteiger partial charge in [-0.2, -0.15) is 0 Å². The van der Waals surface area contributed by atoms with Gasteiger partial charge in [-0.3, -0.25) is 4.79 Å². The number of carbonyl (C=O) groups is 1. The number of nitrogens with zero attached hydrogens (tertiary/aromatic N) is 1. The predicted molar refractivity (Wildman–Crippen MR) is 82.7 cm³/mol. The third-order valence-electron chi connectivity index (χ3n) is 4.21. The van der Waals surface area contributed by atoms with E-state index in [0.717, 1.165) is 30.2 Å². The van der Waals surface area contributed by atoms with Gasteiger partial charge in [-0.15, -0.1) is 0 Å². The average Bonchev–Trinajstić information content (AvgIpc) is 2.46. The molecule has 2 N–H and O–H groups in total. The molecule has 1 aliphatic rings. The number of hydrogen-bond donors (Lipinski definition) is 1. The Morgan fingerprint density at radius 1 is 1.20 bits per heavy atom. The van der Waals surface area contributed by atoms with Gasteiger partial charge in [0.15, 0.2) is 0 Å². The first-order valence-electron chi connectivity index (χ1n) is 7.26. The Balaban J connectivity index is 2.00. The van der Waals surface area contributed by atoms with Crippen molar-refractivity contribution in [1.82, 2.24) is 4.90 Å². The van der Waals surface area contributed by atoms with E-state index < -0.39 is 0 Å². The van der Waals surface area contributed by atoms with E-state index in [1.807, 2.05) is 41.3 Å². The molecule has 1 heterocycles. The minimum absolute atomic E-state index is 0.0699. The SMILES string of the molecule is CC1CCCCN1C(=O)c1cc2ccccc2cc1N. The molecule has 3 heteroatoms. The predicted octanol–water partition coefficient (Wildman–Crippen LogP) is 3.44. The highest BCUT2D eigenvalue weighted by molar-refractivity contribution is 6.04. The molecule has 0 radical (unpaired) electrons. The van der Waals surface area contributed by atoms with Crippen LogP contribution in [0.5, 0.6) is 0 Å². The van der Waals surface area contributed by atoms with Gasteiger partial charge < -0.3 is 10.6 Å². The van der Waals surface area contributed by atoms with Crippen molar-refractivity contribution < 1.29 is 4.79 Å². The standard InChI is InChI=1S/C17H20N2O/c1-12-6-4-5-9-19(12)17(20)15-10-13-7-2-3-8-14(13)11-16(15)18/h2-3,7-8,10-12H,4-6,9,18H2,1H3. The smallest absolute Gasteiger partial charge is 0.256 e. The number of amides is 1. The van der Waals surface area contributed by atoms with Crippen molar-refractivity contribution in [2.75, 3.05) is 12.3 Å². The van der Waals surface area contributed by atoms with E-state index >= 15 is 0 Å². The maximum Gasteiger partial charge on any atom is 0.256 e. The number of hydrogen-bond acceptors (Lipinski definition) is 2. The van der Waals surface area contributed by atoms with Gasteiger partial charge in [0.25, 0.3) is 5.91 Å². The summed E-state index contributed by atoms with van der Waals surface area (Å²) in [5, 5.41) is 2.14. The summed E-state index contributed by atoms with van der Waals surface area (Å²) in [4.78, 5) is 14.7. The van der Waals surface area contributed by atoms with Crippen LogP contribution in [0.15, 0.2) is 36.4 Å². The third-order valence-corrected chi connectivity index (χ3v) is 4.21. The summed E-state index contributed by atoms with van der Waals surface area (Å²) < 4.78 is 0. The van der Waals surface area contributed by atoms with Crippen molar-refractivity contribution in [3.8, 4) is 0 Å². The van der Waals surface area contributed by atoms with E-state index in [4.69, 9.17) is 5.73 Å². The molecule has 0 bridgehead atoms. The monoisotopic (exact) mass is 268 g/mol. The van der Waals surface area contributed by atoms with Crippen molar-refractivity contribution in [2.24, 2.45) is 0 Å². The highest BCUT2D eigenvalue weighted by atomic mass is 16.2. The fourth-order valence-electron chi connectivity index (χ4n) is 3.00. The van der Waals surface area contributed by atoms with Crippen LogP contribution in [-0.4, -0.2) is 23.4 Å². The number of carbonyl (C=O) groups excluding carboxylic acids is 1. The Bertz CT molecular complexity index is 650. The number of piperidine rings is 1. The number of likely N-dealkylation sites (tertiary alicyclic amines) is 1. The summed E-state index contributed by atoms with van der Waals surface area (Å²) in [6.45, 7) is 2.96. The Morgan fingerprint density at radius 2 is 1.90 bits per heavy atom. The topological polar surface area (TPSA) is 46.3 Å². The van der Waals surface area contributed by atoms with Gasteiger partial charge in [0.1, 0.15) is 0 Å². The normalized spacial score (nSPS) is 19.2. The number of nitrogen functional groups attached to an aromatic ring is 1. The zero-order valence-electron chi connectivity index (χ0n) is 11.8. The van der Waals surface area contributed by atoms with Crippen LogP contribution >= 0.6 is 0 Å². The maximum absolute atomic E-state index is 12.7. The molecule has 3 rings (SSSR count). The Hall–Kier alpha value is -2.03. The lowest BCUT2D eigenvalue weighted by molar-refractivity contribution is 0.0637. The van der Waals surface area contributed by atoms with Crippen molar-refractivity contribution in [3.05, 3.63) is 42.0 Å². The van der Waals surface area contributed by atoms with E-state index in [-0.39, 0.29) is 5.91 Å². The van der Waals surface area contributed by atoms with E-state index in [1.54, 1.807) is 0 Å². The van der Waals surface area contributed by atoms with Crippen LogP contribution in [0.2, 0.25) is 0 Å². The van der Waals surface area contributed by atoms with Gasteiger partial charge in [0.05, 0.1) is 5.56 Å². The van der Waals surface area contributed by atoms with E-state index in [2.05, 4.69) is 6.92 Å².